The molecule has 0 aliphatic heterocycles. The summed E-state index contributed by atoms with van der Waals surface area (Å²) in [5.74, 6) is -1.95. The second kappa shape index (κ2) is 5.54. The second-order valence-corrected chi connectivity index (χ2v) is 5.67. The first-order chi connectivity index (χ1) is 9.38. The lowest BCUT2D eigenvalue weighted by Gasteiger charge is -2.14. The highest BCUT2D eigenvalue weighted by atomic mass is 32.1. The van der Waals surface area contributed by atoms with Gasteiger partial charge in [-0.2, -0.15) is 0 Å². The molecular weight excluding hydrogens is 286 g/mol. The van der Waals surface area contributed by atoms with Crippen molar-refractivity contribution in [2.75, 3.05) is 5.32 Å². The molecule has 1 unspecified atom stereocenters. The van der Waals surface area contributed by atoms with E-state index in [-0.39, 0.29) is 11.7 Å². The summed E-state index contributed by atoms with van der Waals surface area (Å²) < 4.78 is 26.8. The van der Waals surface area contributed by atoms with Crippen molar-refractivity contribution < 1.29 is 13.7 Å². The summed E-state index contributed by atoms with van der Waals surface area (Å²) in [6.45, 7) is 3.69. The number of halogens is 2. The maximum atomic E-state index is 13.7. The maximum Gasteiger partial charge on any atom is 0.298 e. The molecule has 0 fully saturated rings. The average molecular weight is 298 g/mol. The molecule has 0 saturated heterocycles. The number of thiophene rings is 1. The van der Waals surface area contributed by atoms with Crippen LogP contribution in [-0.4, -0.2) is 4.92 Å². The molecule has 1 aromatic carbocycles. The third-order valence-corrected chi connectivity index (χ3v) is 3.96. The van der Waals surface area contributed by atoms with Crippen LogP contribution in [0.5, 0.6) is 0 Å². The number of hydrogen-bond donors (Lipinski definition) is 1. The average Bonchev–Trinajstić information content (AvgIpc) is 2.78. The smallest absolute Gasteiger partial charge is 0.298 e. The lowest BCUT2D eigenvalue weighted by Crippen LogP contribution is -2.09. The molecule has 1 N–H and O–H groups in total. The Hall–Kier alpha value is -2.02. The molecule has 0 aliphatic rings. The van der Waals surface area contributed by atoms with Gasteiger partial charge in [0.25, 0.3) is 5.69 Å². The zero-order valence-corrected chi connectivity index (χ0v) is 11.6. The molecule has 2 aromatic rings. The Balaban J connectivity index is 2.35. The van der Waals surface area contributed by atoms with E-state index in [1.54, 1.807) is 6.92 Å². The molecule has 4 nitrogen and oxygen atoms in total. The summed E-state index contributed by atoms with van der Waals surface area (Å²) in [7, 11) is 0. The molecule has 106 valence electrons. The molecule has 0 amide bonds. The molecule has 1 atom stereocenters. The van der Waals surface area contributed by atoms with E-state index in [2.05, 4.69) is 5.32 Å². The van der Waals surface area contributed by atoms with Crippen molar-refractivity contribution in [1.82, 2.24) is 0 Å². The van der Waals surface area contributed by atoms with Gasteiger partial charge in [0.05, 0.1) is 17.0 Å². The molecule has 7 heteroatoms. The monoisotopic (exact) mass is 298 g/mol. The van der Waals surface area contributed by atoms with Crippen molar-refractivity contribution in [3.63, 3.8) is 0 Å². The molecule has 0 radical (unpaired) electrons. The topological polar surface area (TPSA) is 55.2 Å². The second-order valence-electron chi connectivity index (χ2n) is 4.35. The molecule has 0 spiro atoms. The van der Waals surface area contributed by atoms with Gasteiger partial charge in [-0.1, -0.05) is 0 Å². The van der Waals surface area contributed by atoms with Crippen LogP contribution in [0, 0.1) is 28.7 Å². The van der Waals surface area contributed by atoms with Gasteiger partial charge >= 0.3 is 0 Å². The highest BCUT2D eigenvalue weighted by Crippen LogP contribution is 2.33. The molecule has 0 bridgehead atoms. The van der Waals surface area contributed by atoms with Crippen LogP contribution in [0.25, 0.3) is 0 Å². The van der Waals surface area contributed by atoms with Crippen LogP contribution < -0.4 is 5.32 Å². The predicted molar refractivity (Wildman–Crippen MR) is 74.1 cm³/mol. The molecule has 1 heterocycles. The fourth-order valence-corrected chi connectivity index (χ4v) is 2.70. The van der Waals surface area contributed by atoms with Crippen molar-refractivity contribution in [2.45, 2.75) is 19.9 Å². The quantitative estimate of drug-likeness (QED) is 0.671. The van der Waals surface area contributed by atoms with Crippen LogP contribution in [0.4, 0.5) is 20.2 Å². The van der Waals surface area contributed by atoms with Crippen LogP contribution in [0.3, 0.4) is 0 Å². The number of rotatable bonds is 4. The molecular formula is C13H12F2N2O2S. The van der Waals surface area contributed by atoms with Gasteiger partial charge in [0.1, 0.15) is 11.5 Å². The molecule has 0 saturated carbocycles. The number of benzene rings is 1. The van der Waals surface area contributed by atoms with Crippen molar-refractivity contribution >= 4 is 22.7 Å². The Morgan fingerprint density at radius 3 is 2.60 bits per heavy atom. The van der Waals surface area contributed by atoms with Gasteiger partial charge in [-0.15, -0.1) is 11.3 Å². The Morgan fingerprint density at radius 1 is 1.35 bits per heavy atom. The van der Waals surface area contributed by atoms with Gasteiger partial charge in [-0.05, 0) is 26.0 Å². The van der Waals surface area contributed by atoms with Crippen molar-refractivity contribution in [2.24, 2.45) is 0 Å². The summed E-state index contributed by atoms with van der Waals surface area (Å²) in [5, 5.41) is 13.6. The normalized spacial score (nSPS) is 12.2. The minimum Gasteiger partial charge on any atom is -0.370 e. The van der Waals surface area contributed by atoms with Gasteiger partial charge < -0.3 is 5.32 Å². The maximum absolute atomic E-state index is 13.7. The first kappa shape index (κ1) is 14.4. The molecule has 1 aromatic heterocycles. The van der Waals surface area contributed by atoms with Gasteiger partial charge in [0.2, 0.25) is 0 Å². The SMILES string of the molecule is Cc1ccc(C(C)Nc2c(F)cc(F)cc2[N+](=O)[O-])s1. The number of nitrogens with one attached hydrogen (secondary N) is 1. The molecule has 0 aliphatic carbocycles. The summed E-state index contributed by atoms with van der Waals surface area (Å²) in [5.41, 5.74) is -0.905. The van der Waals surface area contributed by atoms with Gasteiger partial charge in [-0.3, -0.25) is 10.1 Å². The number of anilines is 1. The van der Waals surface area contributed by atoms with E-state index in [9.17, 15) is 18.9 Å². The van der Waals surface area contributed by atoms with E-state index < -0.39 is 22.2 Å². The van der Waals surface area contributed by atoms with E-state index >= 15 is 0 Å². The molecule has 2 rings (SSSR count). The van der Waals surface area contributed by atoms with Crippen molar-refractivity contribution in [3.8, 4) is 0 Å². The third kappa shape index (κ3) is 2.93. The Morgan fingerprint density at radius 2 is 2.05 bits per heavy atom. The van der Waals surface area contributed by atoms with Crippen molar-refractivity contribution in [3.05, 3.63) is 55.8 Å². The highest BCUT2D eigenvalue weighted by Gasteiger charge is 2.22. The summed E-state index contributed by atoms with van der Waals surface area (Å²) >= 11 is 1.51. The highest BCUT2D eigenvalue weighted by molar-refractivity contribution is 7.12. The van der Waals surface area contributed by atoms with E-state index in [0.717, 1.165) is 9.75 Å². The summed E-state index contributed by atoms with van der Waals surface area (Å²) in [6.07, 6.45) is 0. The van der Waals surface area contributed by atoms with E-state index in [1.807, 2.05) is 19.1 Å². The fourth-order valence-electron chi connectivity index (χ4n) is 1.82. The standard InChI is InChI=1S/C13H12F2N2O2S/c1-7-3-4-12(20-7)8(2)16-13-10(15)5-9(14)6-11(13)17(18)19/h3-6,8,16H,1-2H3. The predicted octanol–water partition coefficient (Wildman–Crippen LogP) is 4.42. The Labute approximate surface area is 118 Å². The Kier molecular flexibility index (Phi) is 3.99. The van der Waals surface area contributed by atoms with Gasteiger partial charge in [-0.25, -0.2) is 8.78 Å². The van der Waals surface area contributed by atoms with Crippen molar-refractivity contribution in [1.29, 1.82) is 0 Å². The Bertz CT molecular complexity index is 658. The van der Waals surface area contributed by atoms with E-state index in [4.69, 9.17) is 0 Å². The van der Waals surface area contributed by atoms with Gasteiger partial charge in [0.15, 0.2) is 5.82 Å². The first-order valence-corrected chi connectivity index (χ1v) is 6.66. The summed E-state index contributed by atoms with van der Waals surface area (Å²) in [4.78, 5) is 12.1. The zero-order chi connectivity index (χ0) is 14.9. The van der Waals surface area contributed by atoms with Gasteiger partial charge in [0, 0.05) is 15.8 Å². The number of nitro groups is 1. The van der Waals surface area contributed by atoms with Crippen LogP contribution in [0.15, 0.2) is 24.3 Å². The lowest BCUT2D eigenvalue weighted by molar-refractivity contribution is -0.384. The van der Waals surface area contributed by atoms with Crippen LogP contribution in [0.2, 0.25) is 0 Å². The van der Waals surface area contributed by atoms with Crippen LogP contribution >= 0.6 is 11.3 Å². The van der Waals surface area contributed by atoms with Crippen LogP contribution in [0.1, 0.15) is 22.7 Å². The lowest BCUT2D eigenvalue weighted by atomic mass is 10.2. The molecule has 20 heavy (non-hydrogen) atoms. The minimum absolute atomic E-state index is 0.296. The number of hydrogen-bond acceptors (Lipinski definition) is 4. The zero-order valence-electron chi connectivity index (χ0n) is 10.8. The van der Waals surface area contributed by atoms with E-state index in [0.29, 0.717) is 12.1 Å². The summed E-state index contributed by atoms with van der Waals surface area (Å²) in [6, 6.07) is 4.80. The fraction of sp³-hybridized carbons (Fsp3) is 0.231. The minimum atomic E-state index is -0.975. The first-order valence-electron chi connectivity index (χ1n) is 5.85. The third-order valence-electron chi connectivity index (χ3n) is 2.78. The van der Waals surface area contributed by atoms with E-state index in [1.165, 1.54) is 11.3 Å². The number of nitrogens with zero attached hydrogens (tertiary/aromatic N) is 1. The number of aryl methyl sites for hydroxylation is 1. The largest absolute Gasteiger partial charge is 0.370 e. The van der Waals surface area contributed by atoms with Crippen LogP contribution in [-0.2, 0) is 0 Å². The number of nitro benzene ring substituents is 1.